The van der Waals surface area contributed by atoms with E-state index in [1.807, 2.05) is 13.1 Å². The van der Waals surface area contributed by atoms with Gasteiger partial charge in [0.2, 0.25) is 0 Å². The Morgan fingerprint density at radius 1 is 0.707 bits per heavy atom. The van der Waals surface area contributed by atoms with Crippen molar-refractivity contribution in [1.29, 1.82) is 0 Å². The minimum Gasteiger partial charge on any atom is -0.397 e. The predicted octanol–water partition coefficient (Wildman–Crippen LogP) is 6.06. The van der Waals surface area contributed by atoms with Gasteiger partial charge in [-0.25, -0.2) is 9.97 Å². The Morgan fingerprint density at radius 2 is 1.15 bits per heavy atom. The number of aryl methyl sites for hydroxylation is 2. The molecule has 0 saturated carbocycles. The summed E-state index contributed by atoms with van der Waals surface area (Å²) in [5.41, 5.74) is 8.56. The third-order valence-electron chi connectivity index (χ3n) is 5.02. The third kappa shape index (κ3) is 8.08. The van der Waals surface area contributed by atoms with Crippen LogP contribution in [0.2, 0.25) is 20.2 Å². The molecule has 0 atom stereocenters. The molecule has 18 heteroatoms. The van der Waals surface area contributed by atoms with E-state index in [0.717, 1.165) is 18.0 Å². The normalized spacial score (nSPS) is 10.2. The highest BCUT2D eigenvalue weighted by molar-refractivity contribution is 6.41. The average molecular weight is 640 g/mol. The van der Waals surface area contributed by atoms with Gasteiger partial charge in [-0.05, 0) is 18.2 Å². The van der Waals surface area contributed by atoms with Gasteiger partial charge in [-0.1, -0.05) is 46.4 Å². The lowest BCUT2D eigenvalue weighted by Gasteiger charge is -2.03. The molecule has 14 nitrogen and oxygen atoms in total. The van der Waals surface area contributed by atoms with Crippen molar-refractivity contribution in [1.82, 2.24) is 34.5 Å². The summed E-state index contributed by atoms with van der Waals surface area (Å²) < 4.78 is 3.31. The number of aromatic nitrogens is 7. The number of pyridine rings is 3. The van der Waals surface area contributed by atoms with Crippen LogP contribution in [-0.4, -0.2) is 44.4 Å². The minimum atomic E-state index is -0.588. The highest BCUT2D eigenvalue weighted by Crippen LogP contribution is 2.28. The first-order valence-corrected chi connectivity index (χ1v) is 12.5. The summed E-state index contributed by atoms with van der Waals surface area (Å²) in [6.45, 7) is 0. The maximum absolute atomic E-state index is 10.5. The fourth-order valence-corrected chi connectivity index (χ4v) is 3.87. The van der Waals surface area contributed by atoms with Crippen LogP contribution in [0.3, 0.4) is 0 Å². The highest BCUT2D eigenvalue weighted by Gasteiger charge is 2.14. The molecule has 0 aliphatic rings. The molecule has 41 heavy (non-hydrogen) atoms. The van der Waals surface area contributed by atoms with E-state index in [0.29, 0.717) is 27.8 Å². The van der Waals surface area contributed by atoms with Crippen LogP contribution in [0.25, 0.3) is 22.8 Å². The molecule has 5 heterocycles. The molecule has 0 radical (unpaired) electrons. The topological polar surface area (TPSA) is 187 Å². The number of halogens is 4. The minimum absolute atomic E-state index is 0.0669. The molecule has 0 aliphatic carbocycles. The van der Waals surface area contributed by atoms with Gasteiger partial charge in [0.15, 0.2) is 0 Å². The van der Waals surface area contributed by atoms with Gasteiger partial charge in [-0.2, -0.15) is 10.2 Å². The third-order valence-corrected chi connectivity index (χ3v) is 6.28. The van der Waals surface area contributed by atoms with Crippen molar-refractivity contribution in [3.8, 4) is 22.8 Å². The fraction of sp³-hybridized carbons (Fsp3) is 0.0870. The SMILES string of the molecule is Cn1nccc1-c1ncc(N)cc1Cl.Cn1nccc1-c1ncc([N+](=O)[O-])cc1Cl.O=[N+]([O-])c1cnc(Cl)c(Cl)c1. The number of hydrogen-bond acceptors (Lipinski definition) is 10. The Hall–Kier alpha value is -4.37. The maximum Gasteiger partial charge on any atom is 0.289 e. The summed E-state index contributed by atoms with van der Waals surface area (Å²) in [7, 11) is 3.58. The van der Waals surface area contributed by atoms with Gasteiger partial charge in [-0.15, -0.1) is 0 Å². The van der Waals surface area contributed by atoms with Gasteiger partial charge in [0.25, 0.3) is 11.4 Å². The second-order valence-corrected chi connectivity index (χ2v) is 9.36. The number of nitrogen functional groups attached to an aromatic ring is 1. The first-order valence-electron chi connectivity index (χ1n) is 11.0. The fourth-order valence-electron chi connectivity index (χ4n) is 3.08. The molecule has 0 aliphatic heterocycles. The quantitative estimate of drug-likeness (QED) is 0.137. The predicted molar refractivity (Wildman–Crippen MR) is 155 cm³/mol. The van der Waals surface area contributed by atoms with Crippen LogP contribution in [0.5, 0.6) is 0 Å². The van der Waals surface area contributed by atoms with E-state index in [1.165, 1.54) is 12.3 Å². The molecule has 0 saturated heterocycles. The second kappa shape index (κ2) is 13.8. The number of nitro groups is 2. The Bertz CT molecular complexity index is 1710. The zero-order valence-electron chi connectivity index (χ0n) is 21.0. The van der Waals surface area contributed by atoms with E-state index in [1.54, 1.807) is 47.1 Å². The average Bonchev–Trinajstić information content (AvgIpc) is 3.54. The molecule has 2 N–H and O–H groups in total. The van der Waals surface area contributed by atoms with Crippen LogP contribution >= 0.6 is 46.4 Å². The van der Waals surface area contributed by atoms with Gasteiger partial charge in [0.05, 0.1) is 48.2 Å². The van der Waals surface area contributed by atoms with Gasteiger partial charge in [0, 0.05) is 38.6 Å². The van der Waals surface area contributed by atoms with Crippen molar-refractivity contribution in [2.24, 2.45) is 14.1 Å². The monoisotopic (exact) mass is 638 g/mol. The molecular weight excluding hydrogens is 622 g/mol. The molecule has 0 fully saturated rings. The van der Waals surface area contributed by atoms with Crippen LogP contribution in [0.15, 0.2) is 61.3 Å². The zero-order valence-corrected chi connectivity index (χ0v) is 24.0. The molecule has 5 rings (SSSR count). The number of nitrogens with two attached hydrogens (primary N) is 1. The van der Waals surface area contributed by atoms with E-state index >= 15 is 0 Å². The van der Waals surface area contributed by atoms with Crippen LogP contribution in [0.4, 0.5) is 17.1 Å². The highest BCUT2D eigenvalue weighted by atomic mass is 35.5. The van der Waals surface area contributed by atoms with Crippen LogP contribution < -0.4 is 5.73 Å². The Kier molecular flexibility index (Phi) is 10.5. The van der Waals surface area contributed by atoms with Gasteiger partial charge >= 0.3 is 0 Å². The van der Waals surface area contributed by atoms with E-state index in [9.17, 15) is 20.2 Å². The molecule has 0 spiro atoms. The summed E-state index contributed by atoms with van der Waals surface area (Å²) in [6.07, 6.45) is 7.11. The van der Waals surface area contributed by atoms with Crippen molar-refractivity contribution >= 4 is 63.5 Å². The van der Waals surface area contributed by atoms with Crippen molar-refractivity contribution in [3.63, 3.8) is 0 Å². The van der Waals surface area contributed by atoms with E-state index in [2.05, 4.69) is 25.1 Å². The van der Waals surface area contributed by atoms with Crippen molar-refractivity contribution in [2.45, 2.75) is 0 Å². The summed E-state index contributed by atoms with van der Waals surface area (Å²) in [5, 5.41) is 29.6. The molecular formula is C23H18Cl4N10O4. The smallest absolute Gasteiger partial charge is 0.289 e. The molecule has 212 valence electrons. The van der Waals surface area contributed by atoms with Gasteiger partial charge < -0.3 is 5.73 Å². The first-order chi connectivity index (χ1) is 19.4. The lowest BCUT2D eigenvalue weighted by molar-refractivity contribution is -0.385. The maximum atomic E-state index is 10.5. The number of nitrogens with zero attached hydrogens (tertiary/aromatic N) is 9. The number of hydrogen-bond donors (Lipinski definition) is 1. The lowest BCUT2D eigenvalue weighted by atomic mass is 10.2. The van der Waals surface area contributed by atoms with E-state index in [4.69, 9.17) is 52.1 Å². The molecule has 0 bridgehead atoms. The van der Waals surface area contributed by atoms with E-state index < -0.39 is 9.85 Å². The Morgan fingerprint density at radius 3 is 1.54 bits per heavy atom. The first kappa shape index (κ1) is 31.2. The van der Waals surface area contributed by atoms with Crippen molar-refractivity contribution < 1.29 is 9.85 Å². The Balaban J connectivity index is 0.000000172. The van der Waals surface area contributed by atoms with Crippen LogP contribution in [-0.2, 0) is 14.1 Å². The van der Waals surface area contributed by atoms with Crippen LogP contribution in [0, 0.1) is 20.2 Å². The van der Waals surface area contributed by atoms with E-state index in [-0.39, 0.29) is 26.6 Å². The van der Waals surface area contributed by atoms with Crippen LogP contribution in [0.1, 0.15) is 0 Å². The number of anilines is 1. The summed E-state index contributed by atoms with van der Waals surface area (Å²) in [6, 6.07) is 7.69. The summed E-state index contributed by atoms with van der Waals surface area (Å²) in [4.78, 5) is 31.1. The molecule has 0 amide bonds. The largest absolute Gasteiger partial charge is 0.397 e. The summed E-state index contributed by atoms with van der Waals surface area (Å²) in [5.74, 6) is 0. The number of rotatable bonds is 4. The van der Waals surface area contributed by atoms with Crippen molar-refractivity contribution in [3.05, 3.63) is 102 Å². The summed E-state index contributed by atoms with van der Waals surface area (Å²) >= 11 is 22.8. The molecule has 5 aromatic rings. The Labute approximate surface area is 251 Å². The van der Waals surface area contributed by atoms with Crippen molar-refractivity contribution in [2.75, 3.05) is 5.73 Å². The molecule has 5 aromatic heterocycles. The van der Waals surface area contributed by atoms with Gasteiger partial charge in [0.1, 0.15) is 28.9 Å². The lowest BCUT2D eigenvalue weighted by Crippen LogP contribution is -1.97. The zero-order chi connectivity index (χ0) is 30.3. The second-order valence-electron chi connectivity index (χ2n) is 7.78. The molecule has 0 aromatic carbocycles. The van der Waals surface area contributed by atoms with Gasteiger partial charge in [-0.3, -0.25) is 34.6 Å². The standard InChI is InChI=1S/C9H7ClN4O2.C9H9ClN4.C5H2Cl2N2O2/c1-13-8(2-3-12-13)9-7(10)4-6(5-11-9)14(15)16;1-14-8(2-3-13-14)9-7(10)4-6(11)5-12-9;6-4-1-3(9(10)11)2-8-5(4)7/h2-5H,1H3;2-5H,11H2,1H3;1-2H. The molecule has 0 unspecified atom stereocenters.